The van der Waals surface area contributed by atoms with E-state index in [1.807, 2.05) is 0 Å². The van der Waals surface area contributed by atoms with Crippen LogP contribution in [0.2, 0.25) is 0 Å². The van der Waals surface area contributed by atoms with E-state index in [2.05, 4.69) is 5.32 Å². The molecule has 0 aliphatic heterocycles. The molecule has 1 aromatic carbocycles. The number of carbonyl (C=O) groups is 2. The van der Waals surface area contributed by atoms with Crippen molar-refractivity contribution in [2.45, 2.75) is 38.2 Å². The predicted octanol–water partition coefficient (Wildman–Crippen LogP) is 2.54. The van der Waals surface area contributed by atoms with E-state index in [0.717, 1.165) is 0 Å². The van der Waals surface area contributed by atoms with Crippen LogP contribution < -0.4 is 5.32 Å². The van der Waals surface area contributed by atoms with E-state index in [4.69, 9.17) is 5.11 Å². The summed E-state index contributed by atoms with van der Waals surface area (Å²) in [4.78, 5) is 22.2. The van der Waals surface area contributed by atoms with Crippen LogP contribution in [0.3, 0.4) is 0 Å². The molecule has 0 atom stereocenters. The summed E-state index contributed by atoms with van der Waals surface area (Å²) < 4.78 is 27.9. The molecule has 0 radical (unpaired) electrons. The number of aliphatic carboxylic acids is 1. The Bertz CT molecular complexity index is 486. The molecule has 1 aromatic rings. The Morgan fingerprint density at radius 2 is 1.75 bits per heavy atom. The summed E-state index contributed by atoms with van der Waals surface area (Å²) in [6.07, 6.45) is -0.136. The fourth-order valence-corrected chi connectivity index (χ4v) is 1.65. The summed E-state index contributed by atoms with van der Waals surface area (Å²) in [5.41, 5.74) is -1.42. The first kappa shape index (κ1) is 16.1. The summed E-state index contributed by atoms with van der Waals surface area (Å²) in [6.45, 7) is 3.02. The number of hydrogen-bond donors (Lipinski definition) is 2. The largest absolute Gasteiger partial charge is 0.481 e. The number of amides is 1. The zero-order valence-electron chi connectivity index (χ0n) is 11.3. The van der Waals surface area contributed by atoms with Crippen LogP contribution in [0.4, 0.5) is 8.78 Å². The molecule has 0 aliphatic carbocycles. The number of hydrogen-bond acceptors (Lipinski definition) is 2. The van der Waals surface area contributed by atoms with Gasteiger partial charge in [0.15, 0.2) is 0 Å². The molecule has 4 nitrogen and oxygen atoms in total. The van der Waals surface area contributed by atoms with E-state index >= 15 is 0 Å². The summed E-state index contributed by atoms with van der Waals surface area (Å²) >= 11 is 0. The van der Waals surface area contributed by atoms with Gasteiger partial charge in [-0.3, -0.25) is 9.59 Å². The third-order valence-corrected chi connectivity index (χ3v) is 2.84. The second-order valence-electron chi connectivity index (χ2n) is 5.17. The van der Waals surface area contributed by atoms with E-state index in [0.29, 0.717) is 0 Å². The van der Waals surface area contributed by atoms with Gasteiger partial charge < -0.3 is 10.4 Å². The van der Waals surface area contributed by atoms with Crippen LogP contribution in [0.5, 0.6) is 0 Å². The lowest BCUT2D eigenvalue weighted by atomic mass is 9.97. The predicted molar refractivity (Wildman–Crippen MR) is 69.4 cm³/mol. The average molecular weight is 285 g/mol. The van der Waals surface area contributed by atoms with Gasteiger partial charge in [0.05, 0.1) is 0 Å². The normalized spacial score (nSPS) is 12.0. The number of benzene rings is 1. The summed E-state index contributed by atoms with van der Waals surface area (Å²) in [7, 11) is 0. The van der Waals surface area contributed by atoms with Gasteiger partial charge in [0.2, 0.25) is 0 Å². The van der Waals surface area contributed by atoms with Crippen molar-refractivity contribution in [3.8, 4) is 0 Å². The number of halogens is 2. The standard InChI is InChI=1S/C14H17F2NO3/c1-13(2,9-8-11(18)19)17-12(20)14(15,16)10-6-4-3-5-7-10/h3-7H,8-9H2,1-2H3,(H,17,20)(H,18,19). The molecule has 0 aliphatic rings. The molecule has 110 valence electrons. The van der Waals surface area contributed by atoms with E-state index in [1.165, 1.54) is 38.1 Å². The highest BCUT2D eigenvalue weighted by Gasteiger charge is 2.42. The Labute approximate surface area is 115 Å². The number of carbonyl (C=O) groups excluding carboxylic acids is 1. The van der Waals surface area contributed by atoms with Crippen LogP contribution >= 0.6 is 0 Å². The number of rotatable bonds is 6. The molecule has 6 heteroatoms. The molecule has 0 aromatic heterocycles. The molecule has 0 bridgehead atoms. The maximum Gasteiger partial charge on any atom is 0.349 e. The zero-order valence-corrected chi connectivity index (χ0v) is 11.3. The lowest BCUT2D eigenvalue weighted by Crippen LogP contribution is -2.49. The van der Waals surface area contributed by atoms with Crippen molar-refractivity contribution in [1.29, 1.82) is 0 Å². The Hall–Kier alpha value is -1.98. The third-order valence-electron chi connectivity index (χ3n) is 2.84. The molecule has 20 heavy (non-hydrogen) atoms. The zero-order chi connectivity index (χ0) is 15.4. The van der Waals surface area contributed by atoms with Crippen LogP contribution in [0, 0.1) is 0 Å². The van der Waals surface area contributed by atoms with Gasteiger partial charge in [-0.15, -0.1) is 0 Å². The first-order chi connectivity index (χ1) is 9.15. The Morgan fingerprint density at radius 3 is 2.25 bits per heavy atom. The van der Waals surface area contributed by atoms with Gasteiger partial charge >= 0.3 is 11.9 Å². The van der Waals surface area contributed by atoms with Crippen molar-refractivity contribution in [1.82, 2.24) is 5.32 Å². The minimum Gasteiger partial charge on any atom is -0.481 e. The summed E-state index contributed by atoms with van der Waals surface area (Å²) in [5.74, 6) is -6.12. The smallest absolute Gasteiger partial charge is 0.349 e. The number of carboxylic acid groups (broad SMARTS) is 1. The summed E-state index contributed by atoms with van der Waals surface area (Å²) in [6, 6.07) is 6.76. The topological polar surface area (TPSA) is 66.4 Å². The van der Waals surface area contributed by atoms with Gasteiger partial charge in [-0.1, -0.05) is 30.3 Å². The maximum absolute atomic E-state index is 14.0. The Balaban J connectivity index is 2.77. The van der Waals surface area contributed by atoms with Crippen molar-refractivity contribution >= 4 is 11.9 Å². The third kappa shape index (κ3) is 4.29. The van der Waals surface area contributed by atoms with Gasteiger partial charge in [-0.2, -0.15) is 8.78 Å². The highest BCUT2D eigenvalue weighted by atomic mass is 19.3. The van der Waals surface area contributed by atoms with Gasteiger partial charge in [0.25, 0.3) is 5.91 Å². The first-order valence-electron chi connectivity index (χ1n) is 6.13. The first-order valence-corrected chi connectivity index (χ1v) is 6.13. The minimum absolute atomic E-state index is 0.0684. The van der Waals surface area contributed by atoms with Crippen molar-refractivity contribution < 1.29 is 23.5 Å². The van der Waals surface area contributed by atoms with Crippen LogP contribution in [-0.2, 0) is 15.5 Å². The lowest BCUT2D eigenvalue weighted by molar-refractivity contribution is -0.149. The van der Waals surface area contributed by atoms with Crippen molar-refractivity contribution in [3.05, 3.63) is 35.9 Å². The molecular formula is C14H17F2NO3. The van der Waals surface area contributed by atoms with Crippen LogP contribution in [0.1, 0.15) is 32.3 Å². The number of alkyl halides is 2. The van der Waals surface area contributed by atoms with E-state index in [1.54, 1.807) is 6.07 Å². The van der Waals surface area contributed by atoms with Gasteiger partial charge in [0, 0.05) is 17.5 Å². The fourth-order valence-electron chi connectivity index (χ4n) is 1.65. The molecule has 0 saturated carbocycles. The van der Waals surface area contributed by atoms with Crippen molar-refractivity contribution in [3.63, 3.8) is 0 Å². The van der Waals surface area contributed by atoms with Gasteiger partial charge in [-0.25, -0.2) is 0 Å². The number of nitrogens with one attached hydrogen (secondary N) is 1. The van der Waals surface area contributed by atoms with Crippen LogP contribution in [0.25, 0.3) is 0 Å². The van der Waals surface area contributed by atoms with Crippen molar-refractivity contribution in [2.24, 2.45) is 0 Å². The molecule has 0 heterocycles. The van der Waals surface area contributed by atoms with E-state index in [9.17, 15) is 18.4 Å². The molecule has 1 rings (SSSR count). The quantitative estimate of drug-likeness (QED) is 0.844. The highest BCUT2D eigenvalue weighted by Crippen LogP contribution is 2.29. The monoisotopic (exact) mass is 285 g/mol. The highest BCUT2D eigenvalue weighted by molar-refractivity contribution is 5.85. The second-order valence-corrected chi connectivity index (χ2v) is 5.17. The van der Waals surface area contributed by atoms with E-state index in [-0.39, 0.29) is 12.8 Å². The maximum atomic E-state index is 14.0. The second kappa shape index (κ2) is 5.98. The molecule has 1 amide bonds. The van der Waals surface area contributed by atoms with Gasteiger partial charge in [-0.05, 0) is 20.3 Å². The molecule has 0 unspecified atom stereocenters. The van der Waals surface area contributed by atoms with Crippen LogP contribution in [-0.4, -0.2) is 22.5 Å². The molecule has 0 spiro atoms. The van der Waals surface area contributed by atoms with Gasteiger partial charge in [0.1, 0.15) is 0 Å². The van der Waals surface area contributed by atoms with E-state index < -0.39 is 28.9 Å². The van der Waals surface area contributed by atoms with Crippen LogP contribution in [0.15, 0.2) is 30.3 Å². The minimum atomic E-state index is -3.65. The lowest BCUT2D eigenvalue weighted by Gasteiger charge is -2.28. The molecular weight excluding hydrogens is 268 g/mol. The summed E-state index contributed by atoms with van der Waals surface area (Å²) in [5, 5.41) is 10.8. The van der Waals surface area contributed by atoms with Crippen molar-refractivity contribution in [2.75, 3.05) is 0 Å². The molecule has 0 fully saturated rings. The fraction of sp³-hybridized carbons (Fsp3) is 0.429. The molecule has 2 N–H and O–H groups in total. The SMILES string of the molecule is CC(C)(CCC(=O)O)NC(=O)C(F)(F)c1ccccc1. The Morgan fingerprint density at radius 1 is 1.20 bits per heavy atom. The Kier molecular flexibility index (Phi) is 4.81. The number of carboxylic acids is 1. The average Bonchev–Trinajstić information content (AvgIpc) is 2.37. The molecule has 0 saturated heterocycles.